The average Bonchev–Trinajstić information content (AvgIpc) is 3.06. The minimum absolute atomic E-state index is 0.194. The summed E-state index contributed by atoms with van der Waals surface area (Å²) >= 11 is 0. The van der Waals surface area contributed by atoms with Gasteiger partial charge in [-0.1, -0.05) is 36.4 Å². The molecule has 0 atom stereocenters. The van der Waals surface area contributed by atoms with Crippen LogP contribution in [0.2, 0.25) is 0 Å². The van der Waals surface area contributed by atoms with Crippen LogP contribution < -0.4 is 5.56 Å². The molecular formula is C20H14N4O. The SMILES string of the molecule is [C-]#[N+]c1ccc2[nH]c(=O)c(-c3cn(C)cn3)c(-c3ccccc3)c2c1. The molecule has 2 heterocycles. The molecule has 0 radical (unpaired) electrons. The third-order valence-electron chi connectivity index (χ3n) is 4.15. The maximum Gasteiger partial charge on any atom is 0.258 e. The Bertz CT molecular complexity index is 1180. The standard InChI is InChI=1S/C20H14N4O/c1-21-14-8-9-16-15(10-14)18(13-6-4-3-5-7-13)19(20(25)23-16)17-11-24(2)12-22-17/h3-12H,2H3,(H,23,25). The van der Waals surface area contributed by atoms with Gasteiger partial charge < -0.3 is 9.55 Å². The number of nitrogens with one attached hydrogen (secondary N) is 1. The number of hydrogen-bond acceptors (Lipinski definition) is 2. The van der Waals surface area contributed by atoms with Gasteiger partial charge in [0.1, 0.15) is 0 Å². The molecule has 4 aromatic rings. The lowest BCUT2D eigenvalue weighted by Crippen LogP contribution is -2.11. The molecule has 0 fully saturated rings. The molecule has 5 nitrogen and oxygen atoms in total. The zero-order valence-electron chi connectivity index (χ0n) is 13.5. The fourth-order valence-electron chi connectivity index (χ4n) is 3.04. The van der Waals surface area contributed by atoms with Crippen LogP contribution in [-0.2, 0) is 7.05 Å². The van der Waals surface area contributed by atoms with Crippen molar-refractivity contribution >= 4 is 16.6 Å². The summed E-state index contributed by atoms with van der Waals surface area (Å²) in [5.74, 6) is 0. The average molecular weight is 326 g/mol. The molecule has 0 aliphatic heterocycles. The summed E-state index contributed by atoms with van der Waals surface area (Å²) < 4.78 is 1.81. The minimum atomic E-state index is -0.194. The Hall–Kier alpha value is -3.65. The molecule has 120 valence electrons. The van der Waals surface area contributed by atoms with Crippen LogP contribution in [0, 0.1) is 6.57 Å². The molecule has 0 aliphatic rings. The van der Waals surface area contributed by atoms with Gasteiger partial charge in [-0.15, -0.1) is 0 Å². The molecule has 1 N–H and O–H groups in total. The zero-order valence-corrected chi connectivity index (χ0v) is 13.5. The molecule has 0 saturated carbocycles. The van der Waals surface area contributed by atoms with E-state index in [2.05, 4.69) is 14.8 Å². The number of H-pyrrole nitrogens is 1. The van der Waals surface area contributed by atoms with Gasteiger partial charge >= 0.3 is 0 Å². The van der Waals surface area contributed by atoms with Gasteiger partial charge in [-0.2, -0.15) is 0 Å². The number of pyridine rings is 1. The van der Waals surface area contributed by atoms with E-state index in [0.29, 0.717) is 22.5 Å². The van der Waals surface area contributed by atoms with Crippen molar-refractivity contribution in [2.75, 3.05) is 0 Å². The molecule has 2 aromatic carbocycles. The zero-order chi connectivity index (χ0) is 17.4. The van der Waals surface area contributed by atoms with E-state index in [1.165, 1.54) is 0 Å². The van der Waals surface area contributed by atoms with E-state index in [9.17, 15) is 4.79 Å². The second-order valence-electron chi connectivity index (χ2n) is 5.84. The highest BCUT2D eigenvalue weighted by atomic mass is 16.1. The Morgan fingerprint density at radius 2 is 1.92 bits per heavy atom. The van der Waals surface area contributed by atoms with Crippen molar-refractivity contribution in [1.82, 2.24) is 14.5 Å². The Kier molecular flexibility index (Phi) is 3.44. The van der Waals surface area contributed by atoms with Gasteiger partial charge in [-0.25, -0.2) is 9.83 Å². The number of aromatic nitrogens is 3. The molecule has 4 rings (SSSR count). The quantitative estimate of drug-likeness (QED) is 0.563. The molecular weight excluding hydrogens is 312 g/mol. The number of benzene rings is 2. The van der Waals surface area contributed by atoms with Crippen LogP contribution in [0.4, 0.5) is 5.69 Å². The first-order chi connectivity index (χ1) is 12.2. The molecule has 5 heteroatoms. The van der Waals surface area contributed by atoms with Crippen molar-refractivity contribution < 1.29 is 0 Å². The third kappa shape index (κ3) is 2.50. The molecule has 0 bridgehead atoms. The normalized spacial score (nSPS) is 10.7. The van der Waals surface area contributed by atoms with E-state index >= 15 is 0 Å². The van der Waals surface area contributed by atoms with E-state index in [-0.39, 0.29) is 5.56 Å². The Morgan fingerprint density at radius 1 is 1.12 bits per heavy atom. The van der Waals surface area contributed by atoms with Crippen LogP contribution >= 0.6 is 0 Å². The highest BCUT2D eigenvalue weighted by molar-refractivity contribution is 6.02. The van der Waals surface area contributed by atoms with Crippen molar-refractivity contribution in [3.63, 3.8) is 0 Å². The number of rotatable bonds is 2. The smallest absolute Gasteiger partial charge is 0.258 e. The van der Waals surface area contributed by atoms with E-state index in [0.717, 1.165) is 16.5 Å². The van der Waals surface area contributed by atoms with Crippen molar-refractivity contribution in [2.45, 2.75) is 0 Å². The first-order valence-corrected chi connectivity index (χ1v) is 7.78. The van der Waals surface area contributed by atoms with Crippen LogP contribution in [-0.4, -0.2) is 14.5 Å². The Balaban J connectivity index is 2.19. The van der Waals surface area contributed by atoms with E-state index < -0.39 is 0 Å². The van der Waals surface area contributed by atoms with Gasteiger partial charge in [0, 0.05) is 24.3 Å². The summed E-state index contributed by atoms with van der Waals surface area (Å²) in [6.45, 7) is 7.29. The predicted octanol–water partition coefficient (Wildman–Crippen LogP) is 4.15. The van der Waals surface area contributed by atoms with Gasteiger partial charge in [0.15, 0.2) is 5.69 Å². The van der Waals surface area contributed by atoms with Gasteiger partial charge in [0.05, 0.1) is 24.2 Å². The first-order valence-electron chi connectivity index (χ1n) is 7.78. The van der Waals surface area contributed by atoms with Gasteiger partial charge in [0.2, 0.25) is 0 Å². The van der Waals surface area contributed by atoms with Crippen molar-refractivity contribution in [3.05, 3.63) is 82.8 Å². The molecule has 0 aliphatic carbocycles. The summed E-state index contributed by atoms with van der Waals surface area (Å²) in [5, 5.41) is 0.833. The molecule has 2 aromatic heterocycles. The summed E-state index contributed by atoms with van der Waals surface area (Å²) in [5.41, 5.74) is 3.88. The summed E-state index contributed by atoms with van der Waals surface area (Å²) in [6.07, 6.45) is 3.49. The van der Waals surface area contributed by atoms with E-state index in [1.54, 1.807) is 18.5 Å². The Morgan fingerprint density at radius 3 is 2.60 bits per heavy atom. The fraction of sp³-hybridized carbons (Fsp3) is 0.0500. The summed E-state index contributed by atoms with van der Waals surface area (Å²) in [4.78, 5) is 23.6. The number of imidazole rings is 1. The maximum atomic E-state index is 12.8. The monoisotopic (exact) mass is 326 g/mol. The van der Waals surface area contributed by atoms with Gasteiger partial charge in [0.25, 0.3) is 5.56 Å². The van der Waals surface area contributed by atoms with Crippen LogP contribution in [0.1, 0.15) is 0 Å². The van der Waals surface area contributed by atoms with E-state index in [4.69, 9.17) is 6.57 Å². The lowest BCUT2D eigenvalue weighted by atomic mass is 9.94. The Labute approximate surface area is 144 Å². The summed E-state index contributed by atoms with van der Waals surface area (Å²) in [6, 6.07) is 15.0. The van der Waals surface area contributed by atoms with Crippen LogP contribution in [0.5, 0.6) is 0 Å². The third-order valence-corrected chi connectivity index (χ3v) is 4.15. The second-order valence-corrected chi connectivity index (χ2v) is 5.84. The molecule has 0 amide bonds. The van der Waals surface area contributed by atoms with Crippen molar-refractivity contribution in [3.8, 4) is 22.4 Å². The predicted molar refractivity (Wildman–Crippen MR) is 98.5 cm³/mol. The van der Waals surface area contributed by atoms with Crippen LogP contribution in [0.25, 0.3) is 38.1 Å². The molecule has 0 unspecified atom stereocenters. The second kappa shape index (κ2) is 5.77. The molecule has 25 heavy (non-hydrogen) atoms. The first kappa shape index (κ1) is 14.9. The van der Waals surface area contributed by atoms with E-state index in [1.807, 2.05) is 54.2 Å². The highest BCUT2D eigenvalue weighted by Gasteiger charge is 2.18. The summed E-state index contributed by atoms with van der Waals surface area (Å²) in [7, 11) is 1.87. The number of fused-ring (bicyclic) bond motifs is 1. The van der Waals surface area contributed by atoms with Crippen LogP contribution in [0.3, 0.4) is 0 Å². The van der Waals surface area contributed by atoms with Crippen molar-refractivity contribution in [2.24, 2.45) is 7.05 Å². The highest BCUT2D eigenvalue weighted by Crippen LogP contribution is 2.35. The minimum Gasteiger partial charge on any atom is -0.340 e. The fourth-order valence-corrected chi connectivity index (χ4v) is 3.04. The van der Waals surface area contributed by atoms with Gasteiger partial charge in [-0.05, 0) is 23.1 Å². The number of aryl methyl sites for hydroxylation is 1. The topological polar surface area (TPSA) is 55.0 Å². The lowest BCUT2D eigenvalue weighted by Gasteiger charge is -2.12. The van der Waals surface area contributed by atoms with Gasteiger partial charge in [-0.3, -0.25) is 4.79 Å². The number of nitrogens with zero attached hydrogens (tertiary/aromatic N) is 3. The molecule has 0 spiro atoms. The number of hydrogen-bond donors (Lipinski definition) is 1. The van der Waals surface area contributed by atoms with Crippen LogP contribution in [0.15, 0.2) is 65.8 Å². The van der Waals surface area contributed by atoms with Crippen molar-refractivity contribution in [1.29, 1.82) is 0 Å². The largest absolute Gasteiger partial charge is 0.340 e. The number of aromatic amines is 1. The lowest BCUT2D eigenvalue weighted by molar-refractivity contribution is 0.913. The maximum absolute atomic E-state index is 12.8. The molecule has 0 saturated heterocycles.